The molecule has 0 atom stereocenters. The maximum Gasteiger partial charge on any atom is 0.164 e. The van der Waals surface area contributed by atoms with E-state index in [1.165, 1.54) is 32.7 Å². The Morgan fingerprint density at radius 3 is 1.71 bits per heavy atom. The third kappa shape index (κ3) is 5.04. The van der Waals surface area contributed by atoms with Crippen molar-refractivity contribution in [1.82, 2.24) is 15.0 Å². The summed E-state index contributed by atoms with van der Waals surface area (Å²) in [5, 5.41) is 6.95. The molecule has 2 aromatic heterocycles. The fourth-order valence-electron chi connectivity index (χ4n) is 7.26. The molecule has 4 heteroatoms. The van der Waals surface area contributed by atoms with Crippen LogP contribution in [0.3, 0.4) is 0 Å². The van der Waals surface area contributed by atoms with E-state index in [-0.39, 0.29) is 0 Å². The van der Waals surface area contributed by atoms with Gasteiger partial charge in [-0.1, -0.05) is 158 Å². The van der Waals surface area contributed by atoms with Crippen LogP contribution in [-0.4, -0.2) is 15.0 Å². The SMILES string of the molecule is c1ccc(-c2ccc(-c3nc(-c4ccccc4)nc(-c4cccc5oc6ccc(-c7cccc8c7ccc7ccccc78)cc6c45)n3)cc2)cc1. The Kier molecular flexibility index (Phi) is 6.78. The lowest BCUT2D eigenvalue weighted by molar-refractivity contribution is 0.669. The second-order valence-corrected chi connectivity index (χ2v) is 12.8. The van der Waals surface area contributed by atoms with Crippen LogP contribution >= 0.6 is 0 Å². The molecular weight excluding hydrogens is 623 g/mol. The quantitative estimate of drug-likeness (QED) is 0.174. The first-order valence-electron chi connectivity index (χ1n) is 17.1. The number of nitrogens with zero attached hydrogens (tertiary/aromatic N) is 3. The highest BCUT2D eigenvalue weighted by atomic mass is 16.3. The molecule has 0 aliphatic carbocycles. The Balaban J connectivity index is 1.15. The molecule has 4 nitrogen and oxygen atoms in total. The van der Waals surface area contributed by atoms with Crippen molar-refractivity contribution in [3.05, 3.63) is 176 Å². The van der Waals surface area contributed by atoms with Gasteiger partial charge in [0.15, 0.2) is 17.5 Å². The van der Waals surface area contributed by atoms with E-state index in [1.807, 2.05) is 48.5 Å². The molecule has 8 aromatic carbocycles. The minimum atomic E-state index is 0.598. The number of hydrogen-bond acceptors (Lipinski definition) is 4. The Morgan fingerprint density at radius 1 is 0.314 bits per heavy atom. The average molecular weight is 652 g/mol. The van der Waals surface area contributed by atoms with E-state index in [0.717, 1.165) is 49.8 Å². The first-order valence-corrected chi connectivity index (χ1v) is 17.1. The highest BCUT2D eigenvalue weighted by Gasteiger charge is 2.19. The maximum atomic E-state index is 6.46. The van der Waals surface area contributed by atoms with Crippen molar-refractivity contribution in [3.63, 3.8) is 0 Å². The average Bonchev–Trinajstić information content (AvgIpc) is 3.59. The fraction of sp³-hybridized carbons (Fsp3) is 0. The first kappa shape index (κ1) is 29.0. The van der Waals surface area contributed by atoms with Gasteiger partial charge in [-0.05, 0) is 62.0 Å². The van der Waals surface area contributed by atoms with Gasteiger partial charge in [0.05, 0.1) is 0 Å². The summed E-state index contributed by atoms with van der Waals surface area (Å²) in [6.07, 6.45) is 0. The Hall–Kier alpha value is -6.91. The van der Waals surface area contributed by atoms with Crippen LogP contribution in [0.25, 0.3) is 99.9 Å². The molecule has 51 heavy (non-hydrogen) atoms. The molecule has 0 fully saturated rings. The summed E-state index contributed by atoms with van der Waals surface area (Å²) in [7, 11) is 0. The third-order valence-electron chi connectivity index (χ3n) is 9.75. The molecule has 10 aromatic rings. The van der Waals surface area contributed by atoms with E-state index >= 15 is 0 Å². The molecular formula is C47H29N3O. The van der Waals surface area contributed by atoms with Crippen LogP contribution in [0, 0.1) is 0 Å². The molecule has 238 valence electrons. The first-order chi connectivity index (χ1) is 25.3. The van der Waals surface area contributed by atoms with E-state index in [1.54, 1.807) is 0 Å². The third-order valence-corrected chi connectivity index (χ3v) is 9.75. The lowest BCUT2D eigenvalue weighted by atomic mass is 9.94. The van der Waals surface area contributed by atoms with Crippen LogP contribution < -0.4 is 0 Å². The van der Waals surface area contributed by atoms with Gasteiger partial charge >= 0.3 is 0 Å². The summed E-state index contributed by atoms with van der Waals surface area (Å²) >= 11 is 0. The van der Waals surface area contributed by atoms with Crippen molar-refractivity contribution in [3.8, 4) is 56.4 Å². The molecule has 10 rings (SSSR count). The van der Waals surface area contributed by atoms with Crippen LogP contribution in [0.4, 0.5) is 0 Å². The summed E-state index contributed by atoms with van der Waals surface area (Å²) in [5.41, 5.74) is 8.97. The predicted molar refractivity (Wildman–Crippen MR) is 209 cm³/mol. The molecule has 0 bridgehead atoms. The molecule has 0 aliphatic heterocycles. The summed E-state index contributed by atoms with van der Waals surface area (Å²) < 4.78 is 6.46. The topological polar surface area (TPSA) is 51.8 Å². The summed E-state index contributed by atoms with van der Waals surface area (Å²) in [4.78, 5) is 15.2. The number of aromatic nitrogens is 3. The number of benzene rings is 8. The number of furan rings is 1. The van der Waals surface area contributed by atoms with Gasteiger partial charge in [0.1, 0.15) is 11.2 Å². The largest absolute Gasteiger partial charge is 0.456 e. The standard InChI is InChI=1S/C47H29N3O/c1-3-11-30(12-4-1)31-21-23-34(24-22-31)46-48-45(33-14-5-2-6-15-33)49-47(50-46)40-19-10-20-43-44(40)41-29-35(26-28-42(41)51-43)37-17-9-18-38-36-16-8-7-13-32(36)25-27-39(37)38/h1-29H. The van der Waals surface area contributed by atoms with E-state index in [2.05, 4.69) is 127 Å². The molecule has 0 N–H and O–H groups in total. The molecule has 2 heterocycles. The maximum absolute atomic E-state index is 6.46. The van der Waals surface area contributed by atoms with Crippen molar-refractivity contribution in [2.75, 3.05) is 0 Å². The monoisotopic (exact) mass is 651 g/mol. The Morgan fingerprint density at radius 2 is 0.902 bits per heavy atom. The molecule has 0 unspecified atom stereocenters. The van der Waals surface area contributed by atoms with Crippen molar-refractivity contribution in [2.45, 2.75) is 0 Å². The van der Waals surface area contributed by atoms with Gasteiger partial charge in [0, 0.05) is 27.5 Å². The van der Waals surface area contributed by atoms with Gasteiger partial charge in [-0.25, -0.2) is 15.0 Å². The molecule has 0 radical (unpaired) electrons. The van der Waals surface area contributed by atoms with Crippen LogP contribution in [0.5, 0.6) is 0 Å². The predicted octanol–water partition coefficient (Wildman–Crippen LogP) is 12.4. The molecule has 0 amide bonds. The van der Waals surface area contributed by atoms with E-state index in [9.17, 15) is 0 Å². The zero-order valence-corrected chi connectivity index (χ0v) is 27.5. The zero-order valence-electron chi connectivity index (χ0n) is 27.5. The van der Waals surface area contributed by atoms with Crippen molar-refractivity contribution < 1.29 is 4.42 Å². The lowest BCUT2D eigenvalue weighted by Crippen LogP contribution is -2.00. The molecule has 0 saturated heterocycles. The van der Waals surface area contributed by atoms with Crippen molar-refractivity contribution >= 4 is 43.5 Å². The minimum absolute atomic E-state index is 0.598. The second kappa shape index (κ2) is 11.9. The summed E-state index contributed by atoms with van der Waals surface area (Å²) in [6, 6.07) is 61.1. The minimum Gasteiger partial charge on any atom is -0.456 e. The Labute approximate surface area is 294 Å². The smallest absolute Gasteiger partial charge is 0.164 e. The van der Waals surface area contributed by atoms with Crippen LogP contribution in [0.2, 0.25) is 0 Å². The van der Waals surface area contributed by atoms with Crippen molar-refractivity contribution in [2.24, 2.45) is 0 Å². The second-order valence-electron chi connectivity index (χ2n) is 12.8. The number of fused-ring (bicyclic) bond motifs is 6. The van der Waals surface area contributed by atoms with Gasteiger partial charge in [0.25, 0.3) is 0 Å². The normalized spacial score (nSPS) is 11.5. The molecule has 0 saturated carbocycles. The molecule has 0 spiro atoms. The summed E-state index contributed by atoms with van der Waals surface area (Å²) in [5.74, 6) is 1.84. The van der Waals surface area contributed by atoms with Gasteiger partial charge in [-0.3, -0.25) is 0 Å². The van der Waals surface area contributed by atoms with Gasteiger partial charge in [0.2, 0.25) is 0 Å². The van der Waals surface area contributed by atoms with E-state index < -0.39 is 0 Å². The van der Waals surface area contributed by atoms with Gasteiger partial charge in [-0.2, -0.15) is 0 Å². The van der Waals surface area contributed by atoms with Crippen LogP contribution in [-0.2, 0) is 0 Å². The van der Waals surface area contributed by atoms with Gasteiger partial charge < -0.3 is 4.42 Å². The molecule has 0 aliphatic rings. The number of rotatable bonds is 5. The lowest BCUT2D eigenvalue weighted by Gasteiger charge is -2.11. The van der Waals surface area contributed by atoms with Crippen LogP contribution in [0.1, 0.15) is 0 Å². The zero-order chi connectivity index (χ0) is 33.7. The van der Waals surface area contributed by atoms with Crippen molar-refractivity contribution in [1.29, 1.82) is 0 Å². The number of hydrogen-bond donors (Lipinski definition) is 0. The van der Waals surface area contributed by atoms with Crippen LogP contribution in [0.15, 0.2) is 180 Å². The summed E-state index contributed by atoms with van der Waals surface area (Å²) in [6.45, 7) is 0. The van der Waals surface area contributed by atoms with E-state index in [4.69, 9.17) is 19.4 Å². The Bertz CT molecular complexity index is 2900. The highest BCUT2D eigenvalue weighted by Crippen LogP contribution is 2.40. The highest BCUT2D eigenvalue weighted by molar-refractivity contribution is 6.15. The fourth-order valence-corrected chi connectivity index (χ4v) is 7.26. The van der Waals surface area contributed by atoms with E-state index in [0.29, 0.717) is 17.5 Å². The van der Waals surface area contributed by atoms with Gasteiger partial charge in [-0.15, -0.1) is 0 Å².